The van der Waals surface area contributed by atoms with E-state index in [0.29, 0.717) is 24.2 Å². The first-order valence-corrected chi connectivity index (χ1v) is 7.58. The molecule has 1 aliphatic heterocycles. The number of nitrogens with two attached hydrogens (primary N) is 1. The summed E-state index contributed by atoms with van der Waals surface area (Å²) in [5.41, 5.74) is 6.46. The summed E-state index contributed by atoms with van der Waals surface area (Å²) in [6.45, 7) is 8.28. The normalized spacial score (nSPS) is 17.1. The third-order valence-corrected chi connectivity index (χ3v) is 3.68. The zero-order chi connectivity index (χ0) is 14.4. The smallest absolute Gasteiger partial charge is 0.239 e. The van der Waals surface area contributed by atoms with E-state index in [0.717, 1.165) is 18.8 Å². The lowest BCUT2D eigenvalue weighted by molar-refractivity contribution is 0.269. The number of pyridine rings is 1. The van der Waals surface area contributed by atoms with Crippen LogP contribution in [-0.4, -0.2) is 42.2 Å². The molecule has 3 N–H and O–H groups in total. The van der Waals surface area contributed by atoms with E-state index in [-0.39, 0.29) is 0 Å². The molecule has 1 fully saturated rings. The largest absolute Gasteiger partial charge is 0.476 e. The zero-order valence-electron chi connectivity index (χ0n) is 12.6. The molecule has 5 nitrogen and oxygen atoms in total. The van der Waals surface area contributed by atoms with Gasteiger partial charge in [-0.3, -0.25) is 4.90 Å². The molecule has 1 aliphatic rings. The fourth-order valence-electron chi connectivity index (χ4n) is 2.43. The second kappa shape index (κ2) is 7.33. The fraction of sp³-hybridized carbons (Fsp3) is 0.667. The molecule has 0 spiro atoms. The average Bonchev–Trinajstić information content (AvgIpc) is 2.99. The zero-order valence-corrected chi connectivity index (χ0v) is 12.6. The first-order chi connectivity index (χ1) is 9.70. The number of nitrogens with zero attached hydrogens (tertiary/aromatic N) is 2. The second-order valence-corrected chi connectivity index (χ2v) is 5.41. The Morgan fingerprint density at radius 3 is 2.85 bits per heavy atom. The highest BCUT2D eigenvalue weighted by Gasteiger charge is 2.17. The van der Waals surface area contributed by atoms with Gasteiger partial charge in [0.1, 0.15) is 5.82 Å². The number of nitrogen functional groups attached to an aromatic ring is 1. The minimum atomic E-state index is 0.525. The summed E-state index contributed by atoms with van der Waals surface area (Å²) in [6, 6.07) is 4.28. The predicted octanol–water partition coefficient (Wildman–Crippen LogP) is 2.35. The standard InChI is InChI=1S/C15H26N4O/c1-3-10-20-15-13(16)6-7-14(18-15)17-11-12(2)19-8-4-5-9-19/h6-7,12H,3-5,8-11,16H2,1-2H3,(H,17,18). The first-order valence-electron chi connectivity index (χ1n) is 7.58. The van der Waals surface area contributed by atoms with Crippen molar-refractivity contribution in [2.45, 2.75) is 39.2 Å². The van der Waals surface area contributed by atoms with Crippen LogP contribution >= 0.6 is 0 Å². The minimum Gasteiger partial charge on any atom is -0.476 e. The van der Waals surface area contributed by atoms with E-state index < -0.39 is 0 Å². The summed E-state index contributed by atoms with van der Waals surface area (Å²) in [5.74, 6) is 1.36. The molecule has 0 radical (unpaired) electrons. The van der Waals surface area contributed by atoms with Crippen LogP contribution in [0.15, 0.2) is 12.1 Å². The van der Waals surface area contributed by atoms with Gasteiger partial charge in [0.15, 0.2) is 0 Å². The quantitative estimate of drug-likeness (QED) is 0.801. The number of nitrogens with one attached hydrogen (secondary N) is 1. The van der Waals surface area contributed by atoms with Gasteiger partial charge in [-0.25, -0.2) is 0 Å². The molecule has 0 aromatic carbocycles. The van der Waals surface area contributed by atoms with Crippen LogP contribution in [-0.2, 0) is 0 Å². The molecule has 1 aromatic heterocycles. The first kappa shape index (κ1) is 14.9. The Balaban J connectivity index is 1.88. The van der Waals surface area contributed by atoms with Gasteiger partial charge in [-0.15, -0.1) is 0 Å². The summed E-state index contributed by atoms with van der Waals surface area (Å²) in [4.78, 5) is 6.94. The molecule has 0 aliphatic carbocycles. The van der Waals surface area contributed by atoms with Crippen LogP contribution in [0.3, 0.4) is 0 Å². The summed E-state index contributed by atoms with van der Waals surface area (Å²) in [7, 11) is 0. The van der Waals surface area contributed by atoms with Crippen LogP contribution in [0.4, 0.5) is 11.5 Å². The van der Waals surface area contributed by atoms with Crippen molar-refractivity contribution in [3.8, 4) is 5.88 Å². The van der Waals surface area contributed by atoms with Crippen molar-refractivity contribution in [1.82, 2.24) is 9.88 Å². The lowest BCUT2D eigenvalue weighted by Gasteiger charge is -2.24. The molecule has 1 aromatic rings. The molecule has 0 amide bonds. The third kappa shape index (κ3) is 4.00. The Hall–Kier alpha value is -1.49. The molecule has 0 saturated carbocycles. The van der Waals surface area contributed by atoms with E-state index in [2.05, 4.69) is 29.0 Å². The number of ether oxygens (including phenoxy) is 1. The van der Waals surface area contributed by atoms with Crippen molar-refractivity contribution in [2.24, 2.45) is 0 Å². The van der Waals surface area contributed by atoms with Gasteiger partial charge in [0.2, 0.25) is 5.88 Å². The monoisotopic (exact) mass is 278 g/mol. The molecule has 2 rings (SSSR count). The van der Waals surface area contributed by atoms with Crippen molar-refractivity contribution in [1.29, 1.82) is 0 Å². The van der Waals surface area contributed by atoms with Crippen LogP contribution in [0.25, 0.3) is 0 Å². The van der Waals surface area contributed by atoms with Crippen LogP contribution in [0.5, 0.6) is 5.88 Å². The van der Waals surface area contributed by atoms with Crippen LogP contribution in [0.1, 0.15) is 33.1 Å². The highest BCUT2D eigenvalue weighted by molar-refractivity contribution is 5.53. The molecule has 1 saturated heterocycles. The average molecular weight is 278 g/mol. The molecule has 20 heavy (non-hydrogen) atoms. The van der Waals surface area contributed by atoms with Crippen molar-refractivity contribution in [3.05, 3.63) is 12.1 Å². The number of aromatic nitrogens is 1. The maximum atomic E-state index is 5.86. The van der Waals surface area contributed by atoms with E-state index in [4.69, 9.17) is 10.5 Å². The summed E-state index contributed by atoms with van der Waals surface area (Å²) in [6.07, 6.45) is 3.59. The molecule has 112 valence electrons. The van der Waals surface area contributed by atoms with Gasteiger partial charge < -0.3 is 15.8 Å². The number of hydrogen-bond donors (Lipinski definition) is 2. The third-order valence-electron chi connectivity index (χ3n) is 3.68. The lowest BCUT2D eigenvalue weighted by Crippen LogP contribution is -2.35. The van der Waals surface area contributed by atoms with E-state index >= 15 is 0 Å². The Morgan fingerprint density at radius 1 is 1.40 bits per heavy atom. The van der Waals surface area contributed by atoms with Crippen LogP contribution < -0.4 is 15.8 Å². The molecular weight excluding hydrogens is 252 g/mol. The number of likely N-dealkylation sites (tertiary alicyclic amines) is 1. The van der Waals surface area contributed by atoms with Gasteiger partial charge in [0, 0.05) is 12.6 Å². The predicted molar refractivity (Wildman–Crippen MR) is 83.2 cm³/mol. The van der Waals surface area contributed by atoms with Crippen molar-refractivity contribution in [2.75, 3.05) is 37.3 Å². The highest BCUT2D eigenvalue weighted by Crippen LogP contribution is 2.21. The van der Waals surface area contributed by atoms with Crippen LogP contribution in [0.2, 0.25) is 0 Å². The highest BCUT2D eigenvalue weighted by atomic mass is 16.5. The van der Waals surface area contributed by atoms with E-state index in [1.54, 1.807) is 0 Å². The fourth-order valence-corrected chi connectivity index (χ4v) is 2.43. The summed E-state index contributed by atoms with van der Waals surface area (Å²) < 4.78 is 5.55. The number of anilines is 2. The van der Waals surface area contributed by atoms with Gasteiger partial charge in [-0.2, -0.15) is 4.98 Å². The Labute approximate surface area is 121 Å². The van der Waals surface area contributed by atoms with E-state index in [9.17, 15) is 0 Å². The Bertz CT molecular complexity index is 418. The SMILES string of the molecule is CCCOc1nc(NCC(C)N2CCCC2)ccc1N. The maximum Gasteiger partial charge on any atom is 0.239 e. The van der Waals surface area contributed by atoms with Crippen LogP contribution in [0, 0.1) is 0 Å². The van der Waals surface area contributed by atoms with Crippen molar-refractivity contribution >= 4 is 11.5 Å². The van der Waals surface area contributed by atoms with Gasteiger partial charge in [0.25, 0.3) is 0 Å². The number of hydrogen-bond acceptors (Lipinski definition) is 5. The van der Waals surface area contributed by atoms with Gasteiger partial charge in [0.05, 0.1) is 12.3 Å². The Morgan fingerprint density at radius 2 is 2.15 bits per heavy atom. The number of rotatable bonds is 7. The van der Waals surface area contributed by atoms with Crippen molar-refractivity contribution in [3.63, 3.8) is 0 Å². The van der Waals surface area contributed by atoms with E-state index in [1.807, 2.05) is 12.1 Å². The summed E-state index contributed by atoms with van der Waals surface area (Å²) in [5, 5.41) is 3.38. The van der Waals surface area contributed by atoms with Gasteiger partial charge >= 0.3 is 0 Å². The van der Waals surface area contributed by atoms with Gasteiger partial charge in [-0.05, 0) is 51.4 Å². The molecular formula is C15H26N4O. The maximum absolute atomic E-state index is 5.86. The second-order valence-electron chi connectivity index (χ2n) is 5.41. The Kier molecular flexibility index (Phi) is 5.47. The molecule has 2 heterocycles. The topological polar surface area (TPSA) is 63.4 Å². The van der Waals surface area contributed by atoms with E-state index in [1.165, 1.54) is 25.9 Å². The summed E-state index contributed by atoms with van der Waals surface area (Å²) >= 11 is 0. The molecule has 1 unspecified atom stereocenters. The molecule has 1 atom stereocenters. The van der Waals surface area contributed by atoms with Crippen molar-refractivity contribution < 1.29 is 4.74 Å². The molecule has 5 heteroatoms. The van der Waals surface area contributed by atoms with Gasteiger partial charge in [-0.1, -0.05) is 6.92 Å². The lowest BCUT2D eigenvalue weighted by atomic mass is 10.3. The minimum absolute atomic E-state index is 0.525. The molecule has 0 bridgehead atoms.